The topological polar surface area (TPSA) is 20.2 Å². The van der Waals surface area contributed by atoms with Gasteiger partial charge in [0.1, 0.15) is 17.4 Å². The first-order chi connectivity index (χ1) is 12.2. The molecule has 0 bridgehead atoms. The number of halogens is 2. The number of aromatic hydroxyl groups is 1. The summed E-state index contributed by atoms with van der Waals surface area (Å²) in [6.45, 7) is 8.00. The quantitative estimate of drug-likeness (QED) is 0.460. The highest BCUT2D eigenvalue weighted by Gasteiger charge is 1.78. The second-order valence-corrected chi connectivity index (χ2v) is 3.93. The van der Waals surface area contributed by atoms with Crippen LogP contribution in [0.2, 0.25) is 0 Å². The molecule has 1 N–H and O–H groups in total. The number of phenolic OH excluding ortho intramolecular Hbond substituents is 1. The fourth-order valence-electron chi connectivity index (χ4n) is 1.26. The molecule has 3 aromatic carbocycles. The second-order valence-electron chi connectivity index (χ2n) is 3.93. The van der Waals surface area contributed by atoms with Gasteiger partial charge in [0.15, 0.2) is 0 Å². The molecule has 0 atom stereocenters. The Bertz CT molecular complexity index is 495. The van der Waals surface area contributed by atoms with Crippen molar-refractivity contribution in [2.75, 3.05) is 0 Å². The zero-order chi connectivity index (χ0) is 19.3. The molecule has 0 unspecified atom stereocenters. The Morgan fingerprint density at radius 3 is 0.840 bits per heavy atom. The van der Waals surface area contributed by atoms with E-state index >= 15 is 0 Å². The van der Waals surface area contributed by atoms with E-state index in [-0.39, 0.29) is 11.6 Å². The smallest absolute Gasteiger partial charge is 0.123 e. The van der Waals surface area contributed by atoms with Gasteiger partial charge in [-0.05, 0) is 36.4 Å². The maximum atomic E-state index is 11.9. The number of benzene rings is 3. The Kier molecular flexibility index (Phi) is 19.0. The standard InChI is InChI=1S/2C6H5F.C6H6O.2C2H6/c3*7-6-4-2-1-3-5-6;2*1-2/h2*1-5H;1-5,7H;2*1-2H3. The van der Waals surface area contributed by atoms with Crippen LogP contribution in [0.15, 0.2) is 91.0 Å². The molecule has 0 radical (unpaired) electrons. The average Bonchev–Trinajstić information content (AvgIpc) is 2.68. The second kappa shape index (κ2) is 19.4. The summed E-state index contributed by atoms with van der Waals surface area (Å²) in [7, 11) is 0. The highest BCUT2D eigenvalue weighted by atomic mass is 19.1. The van der Waals surface area contributed by atoms with E-state index < -0.39 is 0 Å². The molecule has 0 saturated heterocycles. The molecule has 0 aliphatic carbocycles. The normalized spacial score (nSPS) is 7.76. The largest absolute Gasteiger partial charge is 0.508 e. The van der Waals surface area contributed by atoms with Crippen LogP contribution in [0.25, 0.3) is 0 Å². The molecule has 0 aromatic heterocycles. The van der Waals surface area contributed by atoms with E-state index in [1.165, 1.54) is 24.3 Å². The van der Waals surface area contributed by atoms with Crippen LogP contribution in [0.4, 0.5) is 8.78 Å². The molecule has 1 nitrogen and oxygen atoms in total. The molecule has 25 heavy (non-hydrogen) atoms. The first-order valence-corrected chi connectivity index (χ1v) is 8.33. The van der Waals surface area contributed by atoms with Gasteiger partial charge in [0.25, 0.3) is 0 Å². The Hall–Kier alpha value is -2.68. The lowest BCUT2D eigenvalue weighted by Crippen LogP contribution is -1.63. The number of phenols is 1. The van der Waals surface area contributed by atoms with Gasteiger partial charge >= 0.3 is 0 Å². The van der Waals surface area contributed by atoms with Gasteiger partial charge < -0.3 is 5.11 Å². The van der Waals surface area contributed by atoms with Gasteiger partial charge in [0, 0.05) is 0 Å². The summed E-state index contributed by atoms with van der Waals surface area (Å²) in [4.78, 5) is 0. The lowest BCUT2D eigenvalue weighted by molar-refractivity contribution is 0.475. The van der Waals surface area contributed by atoms with Crippen LogP contribution in [0.3, 0.4) is 0 Å². The van der Waals surface area contributed by atoms with Crippen LogP contribution >= 0.6 is 0 Å². The number of rotatable bonds is 0. The molecule has 0 heterocycles. The minimum Gasteiger partial charge on any atom is -0.508 e. The van der Waals surface area contributed by atoms with Gasteiger partial charge in [-0.2, -0.15) is 0 Å². The molecule has 0 spiro atoms. The summed E-state index contributed by atoms with van der Waals surface area (Å²) in [5.41, 5.74) is 0. The first-order valence-electron chi connectivity index (χ1n) is 8.33. The van der Waals surface area contributed by atoms with Crippen LogP contribution in [0, 0.1) is 11.6 Å². The molecule has 136 valence electrons. The molecule has 0 aliphatic heterocycles. The summed E-state index contributed by atoms with van der Waals surface area (Å²) in [5, 5.41) is 8.63. The lowest BCUT2D eigenvalue weighted by Gasteiger charge is -1.82. The van der Waals surface area contributed by atoms with Gasteiger partial charge in [-0.1, -0.05) is 82.3 Å². The van der Waals surface area contributed by atoms with Crippen molar-refractivity contribution in [2.45, 2.75) is 27.7 Å². The van der Waals surface area contributed by atoms with Gasteiger partial charge in [0.05, 0.1) is 0 Å². The van der Waals surface area contributed by atoms with Crippen molar-refractivity contribution in [1.82, 2.24) is 0 Å². The lowest BCUT2D eigenvalue weighted by atomic mass is 10.3. The van der Waals surface area contributed by atoms with E-state index in [9.17, 15) is 8.78 Å². The maximum Gasteiger partial charge on any atom is 0.123 e. The first kappa shape index (κ1) is 24.6. The van der Waals surface area contributed by atoms with Crippen molar-refractivity contribution in [1.29, 1.82) is 0 Å². The predicted octanol–water partition coefficient (Wildman–Crippen LogP) is 7.10. The van der Waals surface area contributed by atoms with Crippen molar-refractivity contribution in [3.8, 4) is 5.75 Å². The molecule has 0 fully saturated rings. The van der Waals surface area contributed by atoms with Crippen LogP contribution < -0.4 is 0 Å². The molecular formula is C22H28F2O. The summed E-state index contributed by atoms with van der Waals surface area (Å²) < 4.78 is 23.8. The van der Waals surface area contributed by atoms with E-state index in [0.717, 1.165) is 0 Å². The van der Waals surface area contributed by atoms with Gasteiger partial charge in [0.2, 0.25) is 0 Å². The van der Waals surface area contributed by atoms with Crippen molar-refractivity contribution < 1.29 is 13.9 Å². The van der Waals surface area contributed by atoms with Crippen LogP contribution in [-0.4, -0.2) is 5.11 Å². The van der Waals surface area contributed by atoms with Crippen molar-refractivity contribution in [3.05, 3.63) is 103 Å². The van der Waals surface area contributed by atoms with Gasteiger partial charge in [-0.15, -0.1) is 0 Å². The Morgan fingerprint density at radius 1 is 0.480 bits per heavy atom. The van der Waals surface area contributed by atoms with E-state index in [4.69, 9.17) is 5.11 Å². The van der Waals surface area contributed by atoms with E-state index in [1.807, 2.05) is 33.8 Å². The summed E-state index contributed by atoms with van der Waals surface area (Å²) >= 11 is 0. The number of hydrogen-bond acceptors (Lipinski definition) is 1. The monoisotopic (exact) mass is 346 g/mol. The van der Waals surface area contributed by atoms with E-state index in [0.29, 0.717) is 5.75 Å². The van der Waals surface area contributed by atoms with Crippen LogP contribution in [-0.2, 0) is 0 Å². The minimum absolute atomic E-state index is 0.178. The van der Waals surface area contributed by atoms with Crippen LogP contribution in [0.5, 0.6) is 5.75 Å². The summed E-state index contributed by atoms with van der Waals surface area (Å²) in [6, 6.07) is 24.6. The van der Waals surface area contributed by atoms with Gasteiger partial charge in [-0.25, -0.2) is 8.78 Å². The third-order valence-electron chi connectivity index (χ3n) is 2.22. The number of hydrogen-bond donors (Lipinski definition) is 1. The third-order valence-corrected chi connectivity index (χ3v) is 2.22. The molecule has 3 heteroatoms. The van der Waals surface area contributed by atoms with Crippen molar-refractivity contribution in [3.63, 3.8) is 0 Å². The Balaban J connectivity index is 0. The number of para-hydroxylation sites is 1. The molecular weight excluding hydrogens is 318 g/mol. The highest BCUT2D eigenvalue weighted by Crippen LogP contribution is 2.02. The Morgan fingerprint density at radius 2 is 0.720 bits per heavy atom. The summed E-state index contributed by atoms with van der Waals surface area (Å²) in [6.07, 6.45) is 0. The fraction of sp³-hybridized carbons (Fsp3) is 0.182. The Labute approximate surface area is 150 Å². The molecule has 0 amide bonds. The molecule has 3 rings (SSSR count). The van der Waals surface area contributed by atoms with Crippen molar-refractivity contribution in [2.24, 2.45) is 0 Å². The average molecular weight is 346 g/mol. The fourth-order valence-corrected chi connectivity index (χ4v) is 1.26. The molecule has 0 aliphatic rings. The predicted molar refractivity (Wildman–Crippen MR) is 104 cm³/mol. The third kappa shape index (κ3) is 17.5. The SMILES string of the molecule is CC.CC.Fc1ccccc1.Fc1ccccc1.Oc1ccccc1. The highest BCUT2D eigenvalue weighted by molar-refractivity contribution is 5.18. The maximum absolute atomic E-state index is 11.9. The van der Waals surface area contributed by atoms with Crippen LogP contribution in [0.1, 0.15) is 27.7 Å². The van der Waals surface area contributed by atoms with E-state index in [1.54, 1.807) is 60.7 Å². The molecule has 0 saturated carbocycles. The zero-order valence-electron chi connectivity index (χ0n) is 15.4. The minimum atomic E-state index is -0.178. The van der Waals surface area contributed by atoms with Crippen molar-refractivity contribution >= 4 is 0 Å². The summed E-state index contributed by atoms with van der Waals surface area (Å²) in [5.74, 6) is -0.0347. The zero-order valence-corrected chi connectivity index (χ0v) is 15.4. The van der Waals surface area contributed by atoms with E-state index in [2.05, 4.69) is 0 Å². The molecule has 3 aromatic rings. The van der Waals surface area contributed by atoms with Gasteiger partial charge in [-0.3, -0.25) is 0 Å².